The summed E-state index contributed by atoms with van der Waals surface area (Å²) in [6, 6.07) is 3.71. The van der Waals surface area contributed by atoms with Gasteiger partial charge in [-0.05, 0) is 31.5 Å². The van der Waals surface area contributed by atoms with Crippen molar-refractivity contribution in [3.63, 3.8) is 0 Å². The summed E-state index contributed by atoms with van der Waals surface area (Å²) in [5, 5.41) is 3.40. The van der Waals surface area contributed by atoms with Gasteiger partial charge in [0.1, 0.15) is 12.1 Å². The molecule has 0 saturated carbocycles. The molecule has 0 spiro atoms. The molecule has 4 heteroatoms. The number of hydrogen-bond donors (Lipinski definition) is 1. The minimum absolute atomic E-state index is 0.480. The Hall–Kier alpha value is -1.68. The summed E-state index contributed by atoms with van der Waals surface area (Å²) in [5.41, 5.74) is 1.70. The predicted molar refractivity (Wildman–Crippen MR) is 65.4 cm³/mol. The molecule has 1 fully saturated rings. The molecule has 3 heterocycles. The first-order chi connectivity index (χ1) is 8.38. The van der Waals surface area contributed by atoms with Gasteiger partial charge >= 0.3 is 0 Å². The van der Waals surface area contributed by atoms with Crippen LogP contribution in [0, 0.1) is 0 Å². The molecule has 1 saturated heterocycles. The van der Waals surface area contributed by atoms with Gasteiger partial charge in [-0.2, -0.15) is 0 Å². The van der Waals surface area contributed by atoms with Gasteiger partial charge in [-0.15, -0.1) is 0 Å². The fourth-order valence-electron chi connectivity index (χ4n) is 2.49. The van der Waals surface area contributed by atoms with Gasteiger partial charge in [0.25, 0.3) is 0 Å². The lowest BCUT2D eigenvalue weighted by Crippen LogP contribution is -2.29. The predicted octanol–water partition coefficient (Wildman–Crippen LogP) is 1.61. The minimum atomic E-state index is 0.480. The Labute approximate surface area is 99.7 Å². The highest BCUT2D eigenvalue weighted by atomic mass is 16.1. The topological polar surface area (TPSA) is 46.4 Å². The summed E-state index contributed by atoms with van der Waals surface area (Å²) in [6.07, 6.45) is 7.04. The van der Waals surface area contributed by atoms with Crippen molar-refractivity contribution in [3.8, 4) is 0 Å². The van der Waals surface area contributed by atoms with Crippen LogP contribution >= 0.6 is 0 Å². The van der Waals surface area contributed by atoms with Crippen LogP contribution in [-0.2, 0) is 0 Å². The van der Waals surface area contributed by atoms with Gasteiger partial charge in [0, 0.05) is 24.2 Å². The van der Waals surface area contributed by atoms with E-state index in [0.29, 0.717) is 11.5 Å². The van der Waals surface area contributed by atoms with Gasteiger partial charge in [0.05, 0.1) is 11.7 Å². The van der Waals surface area contributed by atoms with Crippen LogP contribution < -0.4 is 5.32 Å². The molecule has 17 heavy (non-hydrogen) atoms. The quantitative estimate of drug-likeness (QED) is 0.796. The molecule has 0 radical (unpaired) electrons. The lowest BCUT2D eigenvalue weighted by atomic mass is 9.99. The molecule has 1 aliphatic rings. The van der Waals surface area contributed by atoms with E-state index < -0.39 is 0 Å². The van der Waals surface area contributed by atoms with Crippen molar-refractivity contribution in [3.05, 3.63) is 35.9 Å². The van der Waals surface area contributed by atoms with Crippen molar-refractivity contribution in [2.24, 2.45) is 0 Å². The lowest BCUT2D eigenvalue weighted by Gasteiger charge is -2.21. The average molecular weight is 229 g/mol. The molecule has 1 aliphatic heterocycles. The average Bonchev–Trinajstić information content (AvgIpc) is 2.82. The number of carbonyl (C=O) groups is 1. The molecule has 2 aromatic rings. The third-order valence-electron chi connectivity index (χ3n) is 3.38. The van der Waals surface area contributed by atoms with E-state index in [4.69, 9.17) is 0 Å². The molecule has 1 unspecified atom stereocenters. The zero-order chi connectivity index (χ0) is 11.7. The van der Waals surface area contributed by atoms with Gasteiger partial charge in [-0.3, -0.25) is 4.79 Å². The Balaban J connectivity index is 2.02. The Morgan fingerprint density at radius 3 is 3.24 bits per heavy atom. The van der Waals surface area contributed by atoms with Gasteiger partial charge in [-0.25, -0.2) is 4.98 Å². The number of hydrogen-bond acceptors (Lipinski definition) is 3. The van der Waals surface area contributed by atoms with Crippen molar-refractivity contribution in [2.45, 2.75) is 18.8 Å². The Kier molecular flexibility index (Phi) is 2.65. The van der Waals surface area contributed by atoms with Crippen LogP contribution in [0.15, 0.2) is 24.5 Å². The first-order valence-electron chi connectivity index (χ1n) is 6.01. The van der Waals surface area contributed by atoms with E-state index >= 15 is 0 Å². The minimum Gasteiger partial charge on any atom is -0.316 e. The van der Waals surface area contributed by atoms with Crippen molar-refractivity contribution >= 4 is 11.8 Å². The number of carbonyl (C=O) groups excluding carboxylic acids is 1. The van der Waals surface area contributed by atoms with Crippen LogP contribution in [-0.4, -0.2) is 28.8 Å². The molecule has 1 N–H and O–H groups in total. The van der Waals surface area contributed by atoms with Crippen LogP contribution in [0.4, 0.5) is 0 Å². The van der Waals surface area contributed by atoms with E-state index in [0.717, 1.165) is 30.7 Å². The molecular weight excluding hydrogens is 214 g/mol. The molecule has 1 atom stereocenters. The molecule has 88 valence electrons. The maximum atomic E-state index is 10.7. The lowest BCUT2D eigenvalue weighted by molar-refractivity contribution is 0.112. The third-order valence-corrected chi connectivity index (χ3v) is 3.38. The van der Waals surface area contributed by atoms with Crippen LogP contribution in [0.5, 0.6) is 0 Å². The van der Waals surface area contributed by atoms with Crippen molar-refractivity contribution < 1.29 is 4.79 Å². The molecule has 0 bridgehead atoms. The van der Waals surface area contributed by atoms with Crippen LogP contribution in [0.25, 0.3) is 5.52 Å². The summed E-state index contributed by atoms with van der Waals surface area (Å²) >= 11 is 0. The normalized spacial score (nSPS) is 20.6. The molecule has 0 aromatic carbocycles. The summed E-state index contributed by atoms with van der Waals surface area (Å²) in [5.74, 6) is 1.58. The second-order valence-corrected chi connectivity index (χ2v) is 4.53. The number of nitrogens with zero attached hydrogens (tertiary/aromatic N) is 2. The molecule has 0 amide bonds. The van der Waals surface area contributed by atoms with Crippen molar-refractivity contribution in [1.82, 2.24) is 14.7 Å². The molecule has 4 nitrogen and oxygen atoms in total. The standard InChI is InChI=1S/C13H15N3O/c17-9-10-3-5-16-12(6-10)8-15-13(16)11-2-1-4-14-7-11/h3,5-6,8-9,11,14H,1-2,4,7H2. The number of imidazole rings is 1. The van der Waals surface area contributed by atoms with Gasteiger partial charge < -0.3 is 9.72 Å². The SMILES string of the molecule is O=Cc1ccn2c(C3CCCNC3)ncc2c1. The van der Waals surface area contributed by atoms with Gasteiger partial charge in [0.2, 0.25) is 0 Å². The van der Waals surface area contributed by atoms with Crippen molar-refractivity contribution in [1.29, 1.82) is 0 Å². The number of piperidine rings is 1. The zero-order valence-electron chi connectivity index (χ0n) is 9.60. The van der Waals surface area contributed by atoms with E-state index in [1.54, 1.807) is 0 Å². The molecule has 2 aromatic heterocycles. The zero-order valence-corrected chi connectivity index (χ0v) is 9.60. The third kappa shape index (κ3) is 1.85. The Morgan fingerprint density at radius 1 is 1.53 bits per heavy atom. The summed E-state index contributed by atoms with van der Waals surface area (Å²) < 4.78 is 2.09. The number of rotatable bonds is 2. The number of aldehydes is 1. The molecule has 3 rings (SSSR count). The van der Waals surface area contributed by atoms with E-state index in [1.165, 1.54) is 12.8 Å². The fourth-order valence-corrected chi connectivity index (χ4v) is 2.49. The fraction of sp³-hybridized carbons (Fsp3) is 0.385. The monoisotopic (exact) mass is 229 g/mol. The number of fused-ring (bicyclic) bond motifs is 1. The van der Waals surface area contributed by atoms with E-state index in [-0.39, 0.29) is 0 Å². The van der Waals surface area contributed by atoms with Crippen molar-refractivity contribution in [2.75, 3.05) is 13.1 Å². The maximum Gasteiger partial charge on any atom is 0.150 e. The second kappa shape index (κ2) is 4.30. The summed E-state index contributed by atoms with van der Waals surface area (Å²) in [4.78, 5) is 15.2. The summed E-state index contributed by atoms with van der Waals surface area (Å²) in [7, 11) is 0. The Morgan fingerprint density at radius 2 is 2.47 bits per heavy atom. The van der Waals surface area contributed by atoms with E-state index in [9.17, 15) is 4.79 Å². The number of pyridine rings is 1. The van der Waals surface area contributed by atoms with Crippen LogP contribution in [0.1, 0.15) is 34.9 Å². The van der Waals surface area contributed by atoms with Gasteiger partial charge in [-0.1, -0.05) is 0 Å². The highest BCUT2D eigenvalue weighted by molar-refractivity contribution is 5.77. The van der Waals surface area contributed by atoms with E-state index in [2.05, 4.69) is 14.7 Å². The first kappa shape index (κ1) is 10.5. The first-order valence-corrected chi connectivity index (χ1v) is 6.01. The highest BCUT2D eigenvalue weighted by Gasteiger charge is 2.19. The van der Waals surface area contributed by atoms with Crippen LogP contribution in [0.2, 0.25) is 0 Å². The molecule has 0 aliphatic carbocycles. The molecular formula is C13H15N3O. The second-order valence-electron chi connectivity index (χ2n) is 4.53. The van der Waals surface area contributed by atoms with E-state index in [1.807, 2.05) is 24.5 Å². The number of aromatic nitrogens is 2. The number of nitrogens with one attached hydrogen (secondary N) is 1. The smallest absolute Gasteiger partial charge is 0.150 e. The largest absolute Gasteiger partial charge is 0.316 e. The summed E-state index contributed by atoms with van der Waals surface area (Å²) in [6.45, 7) is 2.10. The maximum absolute atomic E-state index is 10.7. The van der Waals surface area contributed by atoms with Gasteiger partial charge in [0.15, 0.2) is 0 Å². The Bertz CT molecular complexity index is 541. The highest BCUT2D eigenvalue weighted by Crippen LogP contribution is 2.23. The van der Waals surface area contributed by atoms with Crippen LogP contribution in [0.3, 0.4) is 0 Å².